The lowest BCUT2D eigenvalue weighted by Gasteiger charge is -2.11. The van der Waals surface area contributed by atoms with Gasteiger partial charge in [-0.05, 0) is 47.4 Å². The molecule has 0 fully saturated rings. The first-order valence-corrected chi connectivity index (χ1v) is 7.36. The Balaban J connectivity index is 1.59. The molecule has 5 heteroatoms. The standard InChI is InChI=1S/C18H18N2O3/c1-20-9-8-13-11-14(4-6-16(13)20)17(21)12-19-18(22)7-5-15-3-2-10-23-15/h2-11,17,21H,12H2,1H3,(H,19,22). The lowest BCUT2D eigenvalue weighted by atomic mass is 10.1. The number of hydrogen-bond donors (Lipinski definition) is 2. The predicted octanol–water partition coefficient (Wildman–Crippen LogP) is 2.63. The molecular formula is C18H18N2O3. The van der Waals surface area contributed by atoms with Crippen LogP contribution in [-0.4, -0.2) is 22.1 Å². The molecule has 2 heterocycles. The average Bonchev–Trinajstić information content (AvgIpc) is 3.20. The molecule has 1 aromatic carbocycles. The normalized spacial score (nSPS) is 12.8. The van der Waals surface area contributed by atoms with Crippen molar-refractivity contribution in [1.82, 2.24) is 9.88 Å². The topological polar surface area (TPSA) is 67.4 Å². The minimum atomic E-state index is -0.749. The summed E-state index contributed by atoms with van der Waals surface area (Å²) >= 11 is 0. The number of aliphatic hydroxyl groups excluding tert-OH is 1. The van der Waals surface area contributed by atoms with Gasteiger partial charge in [0.05, 0.1) is 12.4 Å². The van der Waals surface area contributed by atoms with E-state index in [0.717, 1.165) is 16.5 Å². The molecule has 0 radical (unpaired) electrons. The number of furan rings is 1. The molecule has 23 heavy (non-hydrogen) atoms. The van der Waals surface area contributed by atoms with Gasteiger partial charge in [0.1, 0.15) is 5.76 Å². The van der Waals surface area contributed by atoms with Crippen LogP contribution < -0.4 is 5.32 Å². The second-order valence-corrected chi connectivity index (χ2v) is 5.35. The summed E-state index contributed by atoms with van der Waals surface area (Å²) in [5, 5.41) is 14.0. The van der Waals surface area contributed by atoms with Crippen LogP contribution in [0.1, 0.15) is 17.4 Å². The highest BCUT2D eigenvalue weighted by Gasteiger charge is 2.10. The first-order chi connectivity index (χ1) is 11.1. The second kappa shape index (κ2) is 6.54. The summed E-state index contributed by atoms with van der Waals surface area (Å²) < 4.78 is 7.12. The van der Waals surface area contributed by atoms with Gasteiger partial charge in [-0.1, -0.05) is 6.07 Å². The zero-order valence-corrected chi connectivity index (χ0v) is 12.8. The number of amides is 1. The maximum Gasteiger partial charge on any atom is 0.244 e. The predicted molar refractivity (Wildman–Crippen MR) is 88.6 cm³/mol. The Morgan fingerprint density at radius 2 is 2.26 bits per heavy atom. The lowest BCUT2D eigenvalue weighted by molar-refractivity contribution is -0.116. The molecule has 0 saturated heterocycles. The van der Waals surface area contributed by atoms with Gasteiger partial charge in [0, 0.05) is 31.4 Å². The number of nitrogens with zero attached hydrogens (tertiary/aromatic N) is 1. The van der Waals surface area contributed by atoms with Crippen LogP contribution in [0.2, 0.25) is 0 Å². The summed E-state index contributed by atoms with van der Waals surface area (Å²) in [6.07, 6.45) is 5.73. The Bertz CT molecular complexity index is 831. The molecule has 2 N–H and O–H groups in total. The third-order valence-electron chi connectivity index (χ3n) is 3.71. The average molecular weight is 310 g/mol. The zero-order chi connectivity index (χ0) is 16.2. The van der Waals surface area contributed by atoms with Crippen molar-refractivity contribution in [3.05, 3.63) is 66.3 Å². The first-order valence-electron chi connectivity index (χ1n) is 7.36. The van der Waals surface area contributed by atoms with Crippen molar-refractivity contribution >= 4 is 22.9 Å². The maximum atomic E-state index is 11.7. The molecule has 0 bridgehead atoms. The van der Waals surface area contributed by atoms with E-state index in [2.05, 4.69) is 5.32 Å². The van der Waals surface area contributed by atoms with Crippen molar-refractivity contribution < 1.29 is 14.3 Å². The van der Waals surface area contributed by atoms with E-state index in [9.17, 15) is 9.90 Å². The number of aliphatic hydroxyl groups is 1. The fraction of sp³-hybridized carbons (Fsp3) is 0.167. The van der Waals surface area contributed by atoms with E-state index in [-0.39, 0.29) is 12.5 Å². The molecule has 3 aromatic rings. The lowest BCUT2D eigenvalue weighted by Crippen LogP contribution is -2.26. The number of nitrogens with one attached hydrogen (secondary N) is 1. The zero-order valence-electron chi connectivity index (χ0n) is 12.8. The van der Waals surface area contributed by atoms with Crippen LogP contribution in [0.15, 0.2) is 59.4 Å². The number of aryl methyl sites for hydroxylation is 1. The quantitative estimate of drug-likeness (QED) is 0.712. The number of benzene rings is 1. The van der Waals surface area contributed by atoms with Gasteiger partial charge in [0.2, 0.25) is 5.91 Å². The molecule has 1 amide bonds. The number of carbonyl (C=O) groups excluding carboxylic acids is 1. The van der Waals surface area contributed by atoms with Crippen molar-refractivity contribution in [3.63, 3.8) is 0 Å². The van der Waals surface area contributed by atoms with Crippen molar-refractivity contribution in [2.45, 2.75) is 6.10 Å². The Kier molecular flexibility index (Phi) is 4.30. The molecule has 0 saturated carbocycles. The van der Waals surface area contributed by atoms with Crippen molar-refractivity contribution in [3.8, 4) is 0 Å². The highest BCUT2D eigenvalue weighted by Crippen LogP contribution is 2.20. The van der Waals surface area contributed by atoms with Crippen LogP contribution in [0.5, 0.6) is 0 Å². The summed E-state index contributed by atoms with van der Waals surface area (Å²) in [6.45, 7) is 0.152. The minimum Gasteiger partial charge on any atom is -0.465 e. The van der Waals surface area contributed by atoms with Gasteiger partial charge in [-0.2, -0.15) is 0 Å². The molecule has 2 aromatic heterocycles. The number of hydrogen-bond acceptors (Lipinski definition) is 3. The van der Waals surface area contributed by atoms with E-state index in [1.165, 1.54) is 6.08 Å². The van der Waals surface area contributed by atoms with E-state index in [1.807, 2.05) is 42.1 Å². The molecule has 0 spiro atoms. The Morgan fingerprint density at radius 1 is 1.39 bits per heavy atom. The van der Waals surface area contributed by atoms with E-state index < -0.39 is 6.10 Å². The third kappa shape index (κ3) is 3.52. The Hall–Kier alpha value is -2.79. The molecule has 0 aliphatic rings. The van der Waals surface area contributed by atoms with Crippen LogP contribution in [0, 0.1) is 0 Å². The van der Waals surface area contributed by atoms with Crippen LogP contribution in [-0.2, 0) is 11.8 Å². The SMILES string of the molecule is Cn1ccc2cc(C(O)CNC(=O)C=Cc3ccco3)ccc21. The van der Waals surface area contributed by atoms with Crippen molar-refractivity contribution in [2.24, 2.45) is 7.05 Å². The molecule has 0 aliphatic carbocycles. The molecule has 0 aliphatic heterocycles. The molecule has 5 nitrogen and oxygen atoms in total. The van der Waals surface area contributed by atoms with E-state index in [0.29, 0.717) is 5.76 Å². The highest BCUT2D eigenvalue weighted by molar-refractivity contribution is 5.91. The van der Waals surface area contributed by atoms with Crippen molar-refractivity contribution in [1.29, 1.82) is 0 Å². The van der Waals surface area contributed by atoms with E-state index >= 15 is 0 Å². The monoisotopic (exact) mass is 310 g/mol. The highest BCUT2D eigenvalue weighted by atomic mass is 16.3. The molecule has 118 valence electrons. The largest absolute Gasteiger partial charge is 0.465 e. The molecular weight excluding hydrogens is 292 g/mol. The summed E-state index contributed by atoms with van der Waals surface area (Å²) in [4.78, 5) is 11.7. The van der Waals surface area contributed by atoms with Gasteiger partial charge >= 0.3 is 0 Å². The van der Waals surface area contributed by atoms with Crippen LogP contribution in [0.25, 0.3) is 17.0 Å². The third-order valence-corrected chi connectivity index (χ3v) is 3.71. The Labute approximate surface area is 133 Å². The summed E-state index contributed by atoms with van der Waals surface area (Å²) in [5.74, 6) is 0.330. The van der Waals surface area contributed by atoms with Gasteiger partial charge in [0.15, 0.2) is 0 Å². The fourth-order valence-electron chi connectivity index (χ4n) is 2.43. The van der Waals surface area contributed by atoms with Gasteiger partial charge in [0.25, 0.3) is 0 Å². The smallest absolute Gasteiger partial charge is 0.244 e. The number of carbonyl (C=O) groups is 1. The summed E-state index contributed by atoms with van der Waals surface area (Å²) in [5.41, 5.74) is 1.88. The number of fused-ring (bicyclic) bond motifs is 1. The van der Waals surface area contributed by atoms with Gasteiger partial charge in [-0.25, -0.2) is 0 Å². The van der Waals surface area contributed by atoms with E-state index in [1.54, 1.807) is 24.5 Å². The first kappa shape index (κ1) is 15.1. The minimum absolute atomic E-state index is 0.152. The van der Waals surface area contributed by atoms with Crippen LogP contribution in [0.3, 0.4) is 0 Å². The van der Waals surface area contributed by atoms with Crippen LogP contribution >= 0.6 is 0 Å². The number of rotatable bonds is 5. The fourth-order valence-corrected chi connectivity index (χ4v) is 2.43. The van der Waals surface area contributed by atoms with E-state index in [4.69, 9.17) is 4.42 Å². The second-order valence-electron chi connectivity index (χ2n) is 5.35. The maximum absolute atomic E-state index is 11.7. The van der Waals surface area contributed by atoms with Crippen molar-refractivity contribution in [2.75, 3.05) is 6.54 Å². The van der Waals surface area contributed by atoms with Gasteiger partial charge < -0.3 is 19.4 Å². The van der Waals surface area contributed by atoms with Gasteiger partial charge in [-0.15, -0.1) is 0 Å². The van der Waals surface area contributed by atoms with Crippen LogP contribution in [0.4, 0.5) is 0 Å². The summed E-state index contributed by atoms with van der Waals surface area (Å²) in [6, 6.07) is 11.3. The molecule has 1 unspecified atom stereocenters. The van der Waals surface area contributed by atoms with Gasteiger partial charge in [-0.3, -0.25) is 4.79 Å². The molecule has 3 rings (SSSR count). The molecule has 1 atom stereocenters. The number of aromatic nitrogens is 1. The summed E-state index contributed by atoms with van der Waals surface area (Å²) in [7, 11) is 1.98. The Morgan fingerprint density at radius 3 is 3.04 bits per heavy atom.